The molecule has 38 nitrogen and oxygen atoms in total. The number of hydrogen-bond acceptors (Lipinski definition) is 38. The molecule has 15 aromatic rings. The fraction of sp³-hybridized carbons (Fsp3) is 0.480. The monoisotopic (exact) mass is 2230 g/mol. The topological polar surface area (TPSA) is 484 Å². The van der Waals surface area contributed by atoms with Crippen molar-refractivity contribution in [2.24, 2.45) is 55.7 Å². The van der Waals surface area contributed by atoms with Gasteiger partial charge in [-0.3, -0.25) is 9.97 Å². The number of piperidine rings is 5. The van der Waals surface area contributed by atoms with Crippen molar-refractivity contribution in [3.8, 4) is 0 Å². The molecule has 21 heterocycles. The van der Waals surface area contributed by atoms with Crippen LogP contribution in [0.4, 0.5) is 41.4 Å². The number of nitrogens with two attached hydrogens (primary N) is 7. The first-order valence-electron chi connectivity index (χ1n) is 49.8. The van der Waals surface area contributed by atoms with E-state index >= 15 is 0 Å². The van der Waals surface area contributed by atoms with Crippen molar-refractivity contribution in [2.75, 3.05) is 115 Å². The third-order valence-electron chi connectivity index (χ3n) is 32.0. The van der Waals surface area contributed by atoms with E-state index in [4.69, 9.17) is 156 Å². The van der Waals surface area contributed by atoms with Gasteiger partial charge < -0.3 is 74.1 Å². The first kappa shape index (κ1) is 104. The average molecular weight is 2240 g/mol. The Balaban J connectivity index is 0.000000108. The van der Waals surface area contributed by atoms with Crippen LogP contribution in [0.3, 0.4) is 0 Å². The summed E-state index contributed by atoms with van der Waals surface area (Å²) in [5, 5.41) is 25.5. The number of fused-ring (bicyclic) bond motifs is 5. The molecule has 14 N–H and O–H groups in total. The van der Waals surface area contributed by atoms with Gasteiger partial charge in [-0.05, 0) is 183 Å². The van der Waals surface area contributed by atoms with E-state index in [0.717, 1.165) is 270 Å². The van der Waals surface area contributed by atoms with E-state index in [1.54, 1.807) is 89.3 Å². The number of hydrogen-bond donors (Lipinski definition) is 7. The Bertz CT molecular complexity index is 6990. The van der Waals surface area contributed by atoms with Crippen LogP contribution in [-0.2, 0) is 9.47 Å². The highest BCUT2D eigenvalue weighted by molar-refractivity contribution is 8.00. The quantitative estimate of drug-likeness (QED) is 0.0469. The Morgan fingerprint density at radius 3 is 0.912 bits per heavy atom. The summed E-state index contributed by atoms with van der Waals surface area (Å²) in [6, 6.07) is 14.1. The van der Waals surface area contributed by atoms with Gasteiger partial charge in [-0.2, -0.15) is 48.1 Å². The molecule has 10 aliphatic rings. The summed E-state index contributed by atoms with van der Waals surface area (Å²) in [6.45, 7) is 18.5. The Morgan fingerprint density at radius 1 is 0.324 bits per heavy atom. The van der Waals surface area contributed by atoms with Crippen LogP contribution in [0.25, 0.3) is 28.2 Å². The number of nitrogens with zero attached hydrogens (tertiary/aromatic N) is 29. The molecule has 5 spiro atoms. The predicted molar refractivity (Wildman–Crippen MR) is 583 cm³/mol. The molecule has 7 atom stereocenters. The minimum Gasteiger partial charge on any atom is -0.384 e. The second kappa shape index (κ2) is 44.0. The van der Waals surface area contributed by atoms with E-state index in [1.165, 1.54) is 85.6 Å². The lowest BCUT2D eigenvalue weighted by molar-refractivity contribution is 0.0972. The first-order valence-corrected chi connectivity index (χ1v) is 56.6. The van der Waals surface area contributed by atoms with Gasteiger partial charge in [0, 0.05) is 181 Å². The maximum atomic E-state index is 6.46. The molecule has 778 valence electrons. The van der Waals surface area contributed by atoms with Crippen LogP contribution in [0.1, 0.15) is 147 Å². The average Bonchev–Trinajstić information content (AvgIpc) is 1.14. The molecular formula is C98H115Cl7N36O2S5. The number of rotatable bonds is 15. The second-order valence-electron chi connectivity index (χ2n) is 40.1. The molecule has 10 fully saturated rings. The predicted octanol–water partition coefficient (Wildman–Crippen LogP) is 17.3. The number of aryl methyl sites for hydroxylation is 2. The normalized spacial score (nSPS) is 22.2. The van der Waals surface area contributed by atoms with Gasteiger partial charge >= 0.3 is 0 Å². The van der Waals surface area contributed by atoms with E-state index in [0.29, 0.717) is 86.7 Å². The van der Waals surface area contributed by atoms with Gasteiger partial charge in [-0.15, -0.1) is 0 Å². The highest BCUT2D eigenvalue weighted by Crippen LogP contribution is 2.53. The summed E-state index contributed by atoms with van der Waals surface area (Å²) in [4.78, 5) is 82.5. The zero-order valence-corrected chi connectivity index (χ0v) is 91.4. The van der Waals surface area contributed by atoms with Gasteiger partial charge in [0.15, 0.2) is 33.4 Å². The fourth-order valence-electron chi connectivity index (χ4n) is 22.9. The van der Waals surface area contributed by atoms with Crippen molar-refractivity contribution >= 4 is 210 Å². The number of halogens is 7. The van der Waals surface area contributed by atoms with Crippen LogP contribution in [0.2, 0.25) is 35.3 Å². The summed E-state index contributed by atoms with van der Waals surface area (Å²) >= 11 is 51.4. The molecule has 50 heteroatoms. The molecule has 3 aliphatic carbocycles. The van der Waals surface area contributed by atoms with E-state index in [9.17, 15) is 0 Å². The summed E-state index contributed by atoms with van der Waals surface area (Å²) in [6.07, 6.45) is 43.9. The molecule has 7 aliphatic heterocycles. The van der Waals surface area contributed by atoms with Crippen molar-refractivity contribution < 1.29 is 9.47 Å². The lowest BCUT2D eigenvalue weighted by Crippen LogP contribution is -2.51. The standard InChI is InChI=1S/C20H22Cl2N6OS.C20H24ClN7OS.C20H24ClN7S.C19H22Cl2N8S.C19H23ClN8S/c1-12-17(23)20(10-29-12)5-7-27(8-6-20)19-24-9-15(18-25-11-26-28(18)19)30-14-4-2-3-13(21)16(14)22;1-12-16(21)14(3-6-23-12)30-15-9-24-19(28-18(15)25-11-26-28)27-7-4-20(5-8-27)10-29-13(2)17(20)22;1-13-17(21)14(4-8-23-13)29-15-11-24-19(28-18(15)25-12-26-28)27-9-6-20(7-10-27)5-2-3-16(20)22;20-15-11(8-14(23)27-16(15)21)30-12-9-24-18(29-17(12)25-10-26-29)28-6-4-19(5-7-28)3-1-2-13(19)22;20-15-12(3-7-23-16(15)22)29-13-10-24-18(28-17(13)25-11-26-28)27-8-5-19(6-9-27)4-1-2-14(19)21/h2-4,9,11-12,17H,5-8,10,23H2,1H3;3,6,9,11,13,17H,4-5,7-8,10,22H2,1-2H3;4,8,11-12,16H,2-3,5-7,9-10,22H2,1H3;8-10,13H,1-7,22H2,(H2,23,27);3,7,10-11,14H,1-2,4-6,8-9,21H2,(H2,22,23)/t12-,17-;13-,17+;16-;13-;14-/m10111/s1. The van der Waals surface area contributed by atoms with Gasteiger partial charge in [-0.25, -0.2) is 59.8 Å². The highest BCUT2D eigenvalue weighted by Gasteiger charge is 2.52. The second-order valence-corrected chi connectivity index (χ2v) is 48.1. The van der Waals surface area contributed by atoms with Crippen LogP contribution < -0.4 is 64.6 Å². The summed E-state index contributed by atoms with van der Waals surface area (Å²) in [7, 11) is 0. The molecule has 0 amide bonds. The van der Waals surface area contributed by atoms with Crippen LogP contribution >= 0.6 is 140 Å². The Morgan fingerprint density at radius 2 is 0.615 bits per heavy atom. The first-order chi connectivity index (χ1) is 71.6. The van der Waals surface area contributed by atoms with Gasteiger partial charge in [0.25, 0.3) is 0 Å². The highest BCUT2D eigenvalue weighted by atomic mass is 35.5. The van der Waals surface area contributed by atoms with Gasteiger partial charge in [-0.1, -0.05) is 165 Å². The van der Waals surface area contributed by atoms with Crippen LogP contribution in [0.5, 0.6) is 0 Å². The fourth-order valence-corrected chi connectivity index (χ4v) is 29.1. The molecule has 25 rings (SSSR count). The molecule has 0 unspecified atom stereocenters. The number of nitrogen functional groups attached to an aromatic ring is 2. The van der Waals surface area contributed by atoms with Gasteiger partial charge in [0.05, 0.1) is 91.4 Å². The maximum Gasteiger partial charge on any atom is 0.228 e. The minimum atomic E-state index is 0.0660. The third-order valence-corrected chi connectivity index (χ3v) is 40.8. The van der Waals surface area contributed by atoms with Crippen molar-refractivity contribution in [2.45, 2.75) is 241 Å². The van der Waals surface area contributed by atoms with E-state index < -0.39 is 0 Å². The number of aromatic nitrogens is 24. The van der Waals surface area contributed by atoms with E-state index in [2.05, 4.69) is 109 Å². The van der Waals surface area contributed by atoms with Gasteiger partial charge in [0.1, 0.15) is 43.3 Å². The Kier molecular flexibility index (Phi) is 31.1. The maximum absolute atomic E-state index is 6.46. The molecule has 0 radical (unpaired) electrons. The van der Waals surface area contributed by atoms with Crippen molar-refractivity contribution in [1.29, 1.82) is 0 Å². The van der Waals surface area contributed by atoms with Crippen molar-refractivity contribution in [1.82, 2.24) is 118 Å². The molecule has 0 bridgehead atoms. The van der Waals surface area contributed by atoms with Crippen LogP contribution in [-0.4, -0.2) is 239 Å². The minimum absolute atomic E-state index is 0.0660. The molecule has 1 aromatic carbocycles. The number of ether oxygens (including phenoxy) is 2. The third kappa shape index (κ3) is 20.7. The molecule has 3 saturated carbocycles. The number of anilines is 7. The summed E-state index contributed by atoms with van der Waals surface area (Å²) < 4.78 is 20.7. The molecular weight excluding hydrogens is 2120 g/mol. The summed E-state index contributed by atoms with van der Waals surface area (Å²) in [5.41, 5.74) is 50.3. The van der Waals surface area contributed by atoms with E-state index in [1.807, 2.05) is 82.5 Å². The lowest BCUT2D eigenvalue weighted by atomic mass is 9.73. The van der Waals surface area contributed by atoms with Crippen molar-refractivity contribution in [3.63, 3.8) is 0 Å². The number of benzene rings is 1. The molecule has 14 aromatic heterocycles. The van der Waals surface area contributed by atoms with Crippen molar-refractivity contribution in [3.05, 3.63) is 170 Å². The van der Waals surface area contributed by atoms with Gasteiger partial charge in [0.2, 0.25) is 29.7 Å². The zero-order valence-electron chi connectivity index (χ0n) is 82.0. The SMILES string of the molecule is C[C@H]1OCC2(CCN(c3ncc(Sc4cccc(Cl)c4Cl)c4ncnn34)CC2)[C@@H]1N.Cc1nccc(Sc2cnc(N3CCC4(CC3)CO[C@@H](C)[C@H]4N)n3ncnc23)c1Cl.Cc1nccc(Sc2cnc(N3CCC4(CCC[C@H]4N)CC3)n3ncnc23)c1Cl.Nc1cc(Sc2cnc(N3CCC4(CCC[C@H]4N)CC3)n3ncnc23)c(Cl)c(Cl)n1.Nc1nccc(Sc2cnc(N3CCC4(CCC[C@H]4N)CC3)n3ncnc23)c1Cl. The smallest absolute Gasteiger partial charge is 0.228 e. The summed E-state index contributed by atoms with van der Waals surface area (Å²) in [5.74, 6) is 4.68. The Hall–Kier alpha value is -9.33. The largest absolute Gasteiger partial charge is 0.384 e. The molecule has 148 heavy (non-hydrogen) atoms. The van der Waals surface area contributed by atoms with Crippen LogP contribution in [0.15, 0.2) is 173 Å². The Labute approximate surface area is 911 Å². The van der Waals surface area contributed by atoms with Crippen LogP contribution in [0, 0.1) is 40.9 Å². The lowest BCUT2D eigenvalue weighted by Gasteiger charge is -2.42. The zero-order chi connectivity index (χ0) is 103. The number of pyridine rings is 4. The molecule has 7 saturated heterocycles. The van der Waals surface area contributed by atoms with E-state index in [-0.39, 0.29) is 40.3 Å².